The molecule has 2 aliphatic heterocycles. The average Bonchev–Trinajstić information content (AvgIpc) is 3.54. The first-order chi connectivity index (χ1) is 27.1. The van der Waals surface area contributed by atoms with E-state index in [1.807, 2.05) is 67.1 Å². The molecule has 3 N–H and O–H groups in total. The second-order valence-corrected chi connectivity index (χ2v) is 14.1. The van der Waals surface area contributed by atoms with Gasteiger partial charge in [-0.2, -0.15) is 0 Å². The number of aromatic nitrogens is 2. The molecule has 0 saturated carbocycles. The van der Waals surface area contributed by atoms with Gasteiger partial charge in [0.2, 0.25) is 17.7 Å². The van der Waals surface area contributed by atoms with Crippen molar-refractivity contribution in [3.63, 3.8) is 0 Å². The fourth-order valence-corrected chi connectivity index (χ4v) is 7.79. The summed E-state index contributed by atoms with van der Waals surface area (Å²) in [4.78, 5) is 64.2. The Morgan fingerprint density at radius 1 is 0.982 bits per heavy atom. The van der Waals surface area contributed by atoms with E-state index in [9.17, 15) is 24.3 Å². The first kappa shape index (κ1) is 37.8. The lowest BCUT2D eigenvalue weighted by atomic mass is 9.97. The van der Waals surface area contributed by atoms with E-state index >= 15 is 0 Å². The van der Waals surface area contributed by atoms with Crippen LogP contribution in [0.15, 0.2) is 110 Å². The molecule has 2 unspecified atom stereocenters. The third-order valence-corrected chi connectivity index (χ3v) is 10.3. The van der Waals surface area contributed by atoms with Crippen LogP contribution in [0.1, 0.15) is 40.4 Å². The Bertz CT molecular complexity index is 2240. The smallest absolute Gasteiger partial charge is 0.257 e. The van der Waals surface area contributed by atoms with Gasteiger partial charge in [-0.05, 0) is 54.3 Å². The van der Waals surface area contributed by atoms with Crippen molar-refractivity contribution in [1.82, 2.24) is 29.4 Å². The van der Waals surface area contributed by atoms with Crippen LogP contribution < -0.4 is 10.6 Å². The maximum Gasteiger partial charge on any atom is 0.257 e. The molecule has 13 nitrogen and oxygen atoms in total. The summed E-state index contributed by atoms with van der Waals surface area (Å²) in [6.45, 7) is 7.04. The van der Waals surface area contributed by atoms with Crippen LogP contribution in [-0.2, 0) is 40.8 Å². The lowest BCUT2D eigenvalue weighted by Crippen LogP contribution is -2.75. The number of para-hydroxylation sites is 1. The highest BCUT2D eigenvalue weighted by atomic mass is 16.3. The van der Waals surface area contributed by atoms with Gasteiger partial charge in [0.25, 0.3) is 5.91 Å². The number of hydrogen-bond acceptors (Lipinski definition) is 8. The minimum Gasteiger partial charge on any atom is -0.508 e. The number of phenols is 1. The minimum absolute atomic E-state index is 0.0748. The molecule has 3 aromatic carbocycles. The van der Waals surface area contributed by atoms with Crippen molar-refractivity contribution in [3.8, 4) is 5.75 Å². The number of nitrogens with one attached hydrogen (secondary N) is 2. The SMILES string of the molecule is C=CCN1CC(=O)N2C(Cc3ccc(O)cc3)C(=O)N(Cc3cccc4c(C(=O)Nc5ccc(NCC)nc5)cn(C)c34)CC2N1C(=O)CCc1ccccc1. The first-order valence-electron chi connectivity index (χ1n) is 18.8. The molecule has 2 atom stereocenters. The largest absolute Gasteiger partial charge is 0.508 e. The molecule has 7 rings (SSSR count). The van der Waals surface area contributed by atoms with Crippen molar-refractivity contribution < 1.29 is 24.3 Å². The topological polar surface area (TPSA) is 143 Å². The summed E-state index contributed by atoms with van der Waals surface area (Å²) in [5.74, 6) is -0.164. The Hall–Kier alpha value is -6.47. The van der Waals surface area contributed by atoms with Crippen molar-refractivity contribution in [1.29, 1.82) is 0 Å². The monoisotopic (exact) mass is 754 g/mol. The van der Waals surface area contributed by atoms with Gasteiger partial charge in [-0.3, -0.25) is 19.2 Å². The lowest BCUT2D eigenvalue weighted by Gasteiger charge is -2.55. The summed E-state index contributed by atoms with van der Waals surface area (Å²) >= 11 is 0. The van der Waals surface area contributed by atoms with E-state index in [1.165, 1.54) is 0 Å². The van der Waals surface area contributed by atoms with Gasteiger partial charge in [0.05, 0.1) is 36.1 Å². The molecule has 13 heteroatoms. The number of hydrogen-bond donors (Lipinski definition) is 3. The van der Waals surface area contributed by atoms with Crippen LogP contribution in [0, 0.1) is 0 Å². The summed E-state index contributed by atoms with van der Waals surface area (Å²) in [5, 5.41) is 20.2. The fraction of sp³-hybridized carbons (Fsp3) is 0.279. The Morgan fingerprint density at radius 3 is 2.48 bits per heavy atom. The zero-order chi connectivity index (χ0) is 39.3. The zero-order valence-electron chi connectivity index (χ0n) is 31.6. The average molecular weight is 755 g/mol. The molecule has 2 aromatic heterocycles. The van der Waals surface area contributed by atoms with Crippen molar-refractivity contribution in [2.45, 2.75) is 44.9 Å². The normalized spacial score (nSPS) is 17.2. The second kappa shape index (κ2) is 16.5. The van der Waals surface area contributed by atoms with Gasteiger partial charge >= 0.3 is 0 Å². The predicted octanol–water partition coefficient (Wildman–Crippen LogP) is 4.95. The first-order valence-corrected chi connectivity index (χ1v) is 18.8. The summed E-state index contributed by atoms with van der Waals surface area (Å²) in [7, 11) is 1.86. The number of hydrazine groups is 1. The maximum absolute atomic E-state index is 14.7. The van der Waals surface area contributed by atoms with Gasteiger partial charge in [-0.15, -0.1) is 6.58 Å². The van der Waals surface area contributed by atoms with Crippen molar-refractivity contribution in [2.24, 2.45) is 7.05 Å². The summed E-state index contributed by atoms with van der Waals surface area (Å²) in [6, 6.07) is 24.7. The van der Waals surface area contributed by atoms with Gasteiger partial charge in [0.15, 0.2) is 0 Å². The molecule has 4 heterocycles. The predicted molar refractivity (Wildman–Crippen MR) is 214 cm³/mol. The van der Waals surface area contributed by atoms with Gasteiger partial charge < -0.3 is 30.1 Å². The number of carbonyl (C=O) groups is 4. The Labute approximate surface area is 325 Å². The fourth-order valence-electron chi connectivity index (χ4n) is 7.79. The third kappa shape index (κ3) is 7.85. The number of fused-ring (bicyclic) bond motifs is 2. The number of amides is 4. The zero-order valence-corrected chi connectivity index (χ0v) is 31.6. The van der Waals surface area contributed by atoms with E-state index in [1.54, 1.807) is 74.7 Å². The molecule has 0 bridgehead atoms. The van der Waals surface area contributed by atoms with Crippen LogP contribution in [0.4, 0.5) is 11.5 Å². The Morgan fingerprint density at radius 2 is 1.77 bits per heavy atom. The number of aryl methyl sites for hydroxylation is 2. The molecule has 0 spiro atoms. The van der Waals surface area contributed by atoms with Crippen LogP contribution in [0.3, 0.4) is 0 Å². The molecule has 2 fully saturated rings. The molecule has 0 radical (unpaired) electrons. The number of phenolic OH excluding ortho intramolecular Hbond substituents is 1. The summed E-state index contributed by atoms with van der Waals surface area (Å²) < 4.78 is 1.89. The standard InChI is InChI=1S/C43H46N8O5/c1-4-22-49-28-40(54)50-36(23-30-14-18-33(52)19-15-30)43(56)48(27-38(50)51(49)39(53)21-16-29-10-7-6-8-11-29)25-31-12-9-13-34-35(26-47(3)41(31)34)42(55)46-32-17-20-37(44-5-2)45-24-32/h4,6-15,17-20,24,26,36,38,52H,1,5,16,21-23,25,27-28H2,2-3H3,(H,44,45)(H,46,55). The van der Waals surface area contributed by atoms with Crippen molar-refractivity contribution in [3.05, 3.63) is 132 Å². The highest BCUT2D eigenvalue weighted by Gasteiger charge is 2.51. The molecule has 0 aliphatic carbocycles. The van der Waals surface area contributed by atoms with E-state index in [2.05, 4.69) is 22.2 Å². The summed E-state index contributed by atoms with van der Waals surface area (Å²) in [5.41, 5.74) is 4.40. The van der Waals surface area contributed by atoms with Crippen molar-refractivity contribution >= 4 is 46.0 Å². The van der Waals surface area contributed by atoms with E-state index in [4.69, 9.17) is 0 Å². The molecule has 4 amide bonds. The van der Waals surface area contributed by atoms with Crippen molar-refractivity contribution in [2.75, 3.05) is 36.8 Å². The van der Waals surface area contributed by atoms with Gasteiger partial charge in [0.1, 0.15) is 23.8 Å². The molecular formula is C43H46N8O5. The lowest BCUT2D eigenvalue weighted by molar-refractivity contribution is -0.205. The number of pyridine rings is 1. The highest BCUT2D eigenvalue weighted by molar-refractivity contribution is 6.13. The number of aromatic hydroxyl groups is 1. The number of nitrogens with zero attached hydrogens (tertiary/aromatic N) is 6. The van der Waals surface area contributed by atoms with E-state index < -0.39 is 12.2 Å². The molecule has 5 aromatic rings. The Balaban J connectivity index is 1.22. The van der Waals surface area contributed by atoms with Crippen LogP contribution in [0.25, 0.3) is 10.9 Å². The molecule has 2 aliphatic rings. The molecule has 56 heavy (non-hydrogen) atoms. The summed E-state index contributed by atoms with van der Waals surface area (Å²) in [6.07, 6.45) is 5.18. The molecule has 2 saturated heterocycles. The van der Waals surface area contributed by atoms with Gasteiger partial charge in [0, 0.05) is 51.1 Å². The van der Waals surface area contributed by atoms with Crippen LogP contribution in [0.5, 0.6) is 5.75 Å². The third-order valence-electron chi connectivity index (χ3n) is 10.3. The van der Waals surface area contributed by atoms with E-state index in [0.29, 0.717) is 28.9 Å². The van der Waals surface area contributed by atoms with Gasteiger partial charge in [-0.1, -0.05) is 66.7 Å². The van der Waals surface area contributed by atoms with E-state index in [-0.39, 0.29) is 68.4 Å². The maximum atomic E-state index is 14.7. The van der Waals surface area contributed by atoms with E-state index in [0.717, 1.165) is 28.8 Å². The van der Waals surface area contributed by atoms with Crippen LogP contribution in [0.2, 0.25) is 0 Å². The quantitative estimate of drug-likeness (QED) is 0.144. The number of carbonyl (C=O) groups excluding carboxylic acids is 4. The number of anilines is 2. The van der Waals surface area contributed by atoms with Crippen LogP contribution in [-0.4, -0.2) is 96.5 Å². The molecule has 288 valence electrons. The number of piperazine rings is 1. The minimum atomic E-state index is -0.914. The Kier molecular flexibility index (Phi) is 11.1. The number of benzene rings is 3. The second-order valence-electron chi connectivity index (χ2n) is 14.1. The van der Waals surface area contributed by atoms with Crippen LogP contribution >= 0.6 is 0 Å². The van der Waals surface area contributed by atoms with Gasteiger partial charge in [-0.25, -0.2) is 15.0 Å². The highest BCUT2D eigenvalue weighted by Crippen LogP contribution is 2.32. The number of rotatable bonds is 13. The molecular weight excluding hydrogens is 709 g/mol.